The van der Waals surface area contributed by atoms with Crippen molar-refractivity contribution in [3.8, 4) is 0 Å². The topological polar surface area (TPSA) is 83.0 Å². The molecule has 0 saturated heterocycles. The van der Waals surface area contributed by atoms with Crippen molar-refractivity contribution in [1.82, 2.24) is 5.48 Å². The van der Waals surface area contributed by atoms with Crippen LogP contribution in [0.1, 0.15) is 5.56 Å². The Kier molecular flexibility index (Phi) is 3.63. The summed E-state index contributed by atoms with van der Waals surface area (Å²) in [4.78, 5) is 7.61. The number of nitrogens with zero attached hydrogens (tertiary/aromatic N) is 2. The quantitative estimate of drug-likeness (QED) is 0.370. The molecule has 0 aliphatic heterocycles. The van der Waals surface area contributed by atoms with Gasteiger partial charge in [0.25, 0.3) is 0 Å². The van der Waals surface area contributed by atoms with Crippen LogP contribution in [-0.4, -0.2) is 17.5 Å². The van der Waals surface area contributed by atoms with Gasteiger partial charge >= 0.3 is 0 Å². The summed E-state index contributed by atoms with van der Waals surface area (Å²) in [6.07, 6.45) is 1.05. The number of rotatable bonds is 2. The fourth-order valence-corrected chi connectivity index (χ4v) is 0.954. The summed E-state index contributed by atoms with van der Waals surface area (Å²) in [5, 5.41) is 8.22. The molecule has 0 amide bonds. The Morgan fingerprint density at radius 2 is 2.36 bits per heavy atom. The summed E-state index contributed by atoms with van der Waals surface area (Å²) in [5.41, 5.74) is 9.02. The summed E-state index contributed by atoms with van der Waals surface area (Å²) in [5.74, 6) is 0.0807. The third-order valence-electron chi connectivity index (χ3n) is 1.50. The van der Waals surface area contributed by atoms with E-state index in [1.165, 1.54) is 0 Å². The number of nitrogens with one attached hydrogen (secondary N) is 1. The van der Waals surface area contributed by atoms with Crippen LogP contribution in [0, 0.1) is 6.92 Å². The van der Waals surface area contributed by atoms with Gasteiger partial charge < -0.3 is 5.73 Å². The van der Waals surface area contributed by atoms with Crippen molar-refractivity contribution >= 4 is 18.0 Å². The molecule has 0 heterocycles. The van der Waals surface area contributed by atoms with Gasteiger partial charge in [0.1, 0.15) is 6.34 Å². The molecular weight excluding hydrogens is 180 g/mol. The van der Waals surface area contributed by atoms with E-state index in [1.807, 2.05) is 31.2 Å². The van der Waals surface area contributed by atoms with Crippen molar-refractivity contribution in [1.29, 1.82) is 0 Å². The zero-order valence-corrected chi connectivity index (χ0v) is 7.81. The van der Waals surface area contributed by atoms with Gasteiger partial charge in [-0.1, -0.05) is 12.1 Å². The van der Waals surface area contributed by atoms with E-state index >= 15 is 0 Å². The summed E-state index contributed by atoms with van der Waals surface area (Å²) in [7, 11) is 0. The maximum absolute atomic E-state index is 8.22. The number of guanidine groups is 1. The lowest BCUT2D eigenvalue weighted by atomic mass is 10.2. The van der Waals surface area contributed by atoms with Gasteiger partial charge in [0.2, 0.25) is 5.96 Å². The van der Waals surface area contributed by atoms with E-state index in [1.54, 1.807) is 5.48 Å². The van der Waals surface area contributed by atoms with Crippen molar-refractivity contribution in [3.63, 3.8) is 0 Å². The number of nitrogens with two attached hydrogens (primary N) is 1. The fraction of sp³-hybridized carbons (Fsp3) is 0.111. The maximum Gasteiger partial charge on any atom is 0.222 e. The normalized spacial score (nSPS) is 12.0. The highest BCUT2D eigenvalue weighted by Gasteiger charge is 1.91. The molecular formula is C9H12N4O. The molecule has 0 spiro atoms. The van der Waals surface area contributed by atoms with Crippen LogP contribution in [0.5, 0.6) is 0 Å². The van der Waals surface area contributed by atoms with E-state index in [-0.39, 0.29) is 5.96 Å². The highest BCUT2D eigenvalue weighted by molar-refractivity contribution is 5.87. The first-order valence-corrected chi connectivity index (χ1v) is 4.05. The number of hydroxylamine groups is 1. The molecule has 0 atom stereocenters. The van der Waals surface area contributed by atoms with Gasteiger partial charge in [-0.05, 0) is 24.6 Å². The van der Waals surface area contributed by atoms with Crippen molar-refractivity contribution in [2.45, 2.75) is 6.92 Å². The van der Waals surface area contributed by atoms with Crippen LogP contribution in [-0.2, 0) is 0 Å². The smallest absolute Gasteiger partial charge is 0.222 e. The average Bonchev–Trinajstić information content (AvgIpc) is 2.15. The second kappa shape index (κ2) is 4.98. The standard InChI is InChI=1S/C9H12N4O/c1-7-3-2-4-8(5-7)13-9(10)11-6-12-14/h2-6,14H,1H3,(H3,10,11,12,13). The Hall–Kier alpha value is -1.88. The summed E-state index contributed by atoms with van der Waals surface area (Å²) in [6.45, 7) is 1.97. The van der Waals surface area contributed by atoms with Crippen LogP contribution in [0.3, 0.4) is 0 Å². The summed E-state index contributed by atoms with van der Waals surface area (Å²) >= 11 is 0. The van der Waals surface area contributed by atoms with Crippen molar-refractivity contribution < 1.29 is 5.21 Å². The van der Waals surface area contributed by atoms with Gasteiger partial charge in [0.05, 0.1) is 5.69 Å². The number of aliphatic imine (C=N–C) groups is 2. The van der Waals surface area contributed by atoms with Gasteiger partial charge in [0, 0.05) is 0 Å². The molecule has 0 aromatic heterocycles. The fourth-order valence-electron chi connectivity index (χ4n) is 0.954. The first kappa shape index (κ1) is 10.2. The van der Waals surface area contributed by atoms with E-state index in [9.17, 15) is 0 Å². The monoisotopic (exact) mass is 192 g/mol. The van der Waals surface area contributed by atoms with Crippen LogP contribution in [0.25, 0.3) is 0 Å². The molecule has 0 fully saturated rings. The van der Waals surface area contributed by atoms with Crippen LogP contribution in [0.15, 0.2) is 34.3 Å². The number of benzene rings is 1. The molecule has 0 bridgehead atoms. The van der Waals surface area contributed by atoms with E-state index < -0.39 is 0 Å². The van der Waals surface area contributed by atoms with Gasteiger partial charge in [-0.15, -0.1) is 0 Å². The molecule has 0 unspecified atom stereocenters. The third-order valence-corrected chi connectivity index (χ3v) is 1.50. The lowest BCUT2D eigenvalue weighted by Gasteiger charge is -1.96. The molecule has 1 aromatic rings. The number of hydrogen-bond acceptors (Lipinski definition) is 2. The molecule has 0 saturated carbocycles. The third kappa shape index (κ3) is 3.24. The van der Waals surface area contributed by atoms with Crippen LogP contribution in [0.2, 0.25) is 0 Å². The summed E-state index contributed by atoms with van der Waals surface area (Å²) in [6, 6.07) is 7.56. The number of aryl methyl sites for hydroxylation is 1. The highest BCUT2D eigenvalue weighted by atomic mass is 16.5. The molecule has 5 nitrogen and oxygen atoms in total. The first-order valence-electron chi connectivity index (χ1n) is 4.05. The molecule has 1 aromatic carbocycles. The van der Waals surface area contributed by atoms with Gasteiger partial charge in [-0.25, -0.2) is 9.98 Å². The lowest BCUT2D eigenvalue weighted by Crippen LogP contribution is -2.12. The summed E-state index contributed by atoms with van der Waals surface area (Å²) < 4.78 is 0. The zero-order valence-electron chi connectivity index (χ0n) is 7.81. The minimum Gasteiger partial charge on any atom is -0.368 e. The van der Waals surface area contributed by atoms with Gasteiger partial charge in [-0.2, -0.15) is 0 Å². The van der Waals surface area contributed by atoms with Crippen molar-refractivity contribution in [3.05, 3.63) is 29.8 Å². The molecule has 0 aliphatic rings. The molecule has 0 radical (unpaired) electrons. The van der Waals surface area contributed by atoms with E-state index in [2.05, 4.69) is 9.98 Å². The number of hydrogen-bond donors (Lipinski definition) is 3. The van der Waals surface area contributed by atoms with Crippen LogP contribution >= 0.6 is 0 Å². The van der Waals surface area contributed by atoms with E-state index in [0.29, 0.717) is 0 Å². The largest absolute Gasteiger partial charge is 0.368 e. The van der Waals surface area contributed by atoms with Gasteiger partial charge in [-0.3, -0.25) is 10.7 Å². The molecule has 1 rings (SSSR count). The van der Waals surface area contributed by atoms with E-state index in [4.69, 9.17) is 10.9 Å². The maximum atomic E-state index is 8.22. The van der Waals surface area contributed by atoms with Crippen molar-refractivity contribution in [2.75, 3.05) is 0 Å². The predicted octanol–water partition coefficient (Wildman–Crippen LogP) is 0.948. The second-order valence-electron chi connectivity index (χ2n) is 2.70. The molecule has 0 aliphatic carbocycles. The molecule has 4 N–H and O–H groups in total. The lowest BCUT2D eigenvalue weighted by molar-refractivity contribution is 0.240. The first-order chi connectivity index (χ1) is 6.72. The second-order valence-corrected chi connectivity index (χ2v) is 2.70. The van der Waals surface area contributed by atoms with Crippen molar-refractivity contribution in [2.24, 2.45) is 15.7 Å². The van der Waals surface area contributed by atoms with Crippen LogP contribution in [0.4, 0.5) is 5.69 Å². The van der Waals surface area contributed by atoms with Crippen LogP contribution < -0.4 is 11.2 Å². The zero-order chi connectivity index (χ0) is 10.4. The molecule has 14 heavy (non-hydrogen) atoms. The molecule has 5 heteroatoms. The van der Waals surface area contributed by atoms with E-state index in [0.717, 1.165) is 17.6 Å². The Labute approximate surface area is 82.0 Å². The molecule has 74 valence electrons. The Bertz CT molecular complexity index is 360. The average molecular weight is 192 g/mol. The van der Waals surface area contributed by atoms with Gasteiger partial charge in [0.15, 0.2) is 0 Å². The minimum atomic E-state index is 0.0807. The highest BCUT2D eigenvalue weighted by Crippen LogP contribution is 2.12. The Morgan fingerprint density at radius 1 is 1.57 bits per heavy atom. The minimum absolute atomic E-state index is 0.0807. The Morgan fingerprint density at radius 3 is 3.00 bits per heavy atom. The Balaban J connectivity index is 2.81. The predicted molar refractivity (Wildman–Crippen MR) is 55.9 cm³/mol. The SMILES string of the molecule is Cc1cccc(N=C(N)/N=C\NO)c1.